The standard InChI is InChI=1S/C59H112O6/c1-4-7-10-13-16-19-22-23-24-25-26-27-28-29-30-31-32-33-34-35-36-37-38-41-43-46-49-52-58(61)64-55-56(65-59(62)53-50-47-44-40-21-18-15-12-9-6-3)54-63-57(60)51-48-45-42-39-20-17-14-11-8-5-2/h12,15,56H,4-11,13-14,16-55H2,1-3H3/b15-12-. The fourth-order valence-electron chi connectivity index (χ4n) is 8.86. The summed E-state index contributed by atoms with van der Waals surface area (Å²) < 4.78 is 16.8. The summed E-state index contributed by atoms with van der Waals surface area (Å²) in [6.45, 7) is 6.60. The third-order valence-corrected chi connectivity index (χ3v) is 13.3. The maximum atomic E-state index is 12.7. The molecule has 6 nitrogen and oxygen atoms in total. The summed E-state index contributed by atoms with van der Waals surface area (Å²) in [6.07, 6.45) is 62.4. The van der Waals surface area contributed by atoms with Crippen LogP contribution in [-0.2, 0) is 28.6 Å². The number of hydrogen-bond acceptors (Lipinski definition) is 6. The van der Waals surface area contributed by atoms with E-state index in [4.69, 9.17) is 14.2 Å². The highest BCUT2D eigenvalue weighted by molar-refractivity contribution is 5.71. The Kier molecular flexibility index (Phi) is 53.2. The zero-order valence-corrected chi connectivity index (χ0v) is 44.0. The normalized spacial score (nSPS) is 12.0. The first-order valence-corrected chi connectivity index (χ1v) is 29.2. The molecule has 0 aromatic carbocycles. The van der Waals surface area contributed by atoms with E-state index < -0.39 is 6.10 Å². The largest absolute Gasteiger partial charge is 0.462 e. The molecule has 65 heavy (non-hydrogen) atoms. The molecule has 0 aromatic heterocycles. The van der Waals surface area contributed by atoms with Crippen LogP contribution in [0.4, 0.5) is 0 Å². The number of carbonyl (C=O) groups is 3. The summed E-state index contributed by atoms with van der Waals surface area (Å²) in [6, 6.07) is 0. The van der Waals surface area contributed by atoms with E-state index in [0.717, 1.165) is 70.6 Å². The highest BCUT2D eigenvalue weighted by atomic mass is 16.6. The van der Waals surface area contributed by atoms with Gasteiger partial charge < -0.3 is 14.2 Å². The molecule has 0 amide bonds. The van der Waals surface area contributed by atoms with Gasteiger partial charge in [0, 0.05) is 19.3 Å². The van der Waals surface area contributed by atoms with E-state index in [-0.39, 0.29) is 31.1 Å². The molecule has 0 N–H and O–H groups in total. The van der Waals surface area contributed by atoms with Crippen molar-refractivity contribution in [2.45, 2.75) is 335 Å². The van der Waals surface area contributed by atoms with E-state index in [1.165, 1.54) is 218 Å². The number of rotatable bonds is 54. The molecule has 0 radical (unpaired) electrons. The Morgan fingerprint density at radius 1 is 0.292 bits per heavy atom. The van der Waals surface area contributed by atoms with Gasteiger partial charge in [-0.2, -0.15) is 0 Å². The highest BCUT2D eigenvalue weighted by Crippen LogP contribution is 2.18. The molecule has 0 spiro atoms. The molecule has 1 atom stereocenters. The van der Waals surface area contributed by atoms with E-state index >= 15 is 0 Å². The Morgan fingerprint density at radius 3 is 0.831 bits per heavy atom. The van der Waals surface area contributed by atoms with Crippen molar-refractivity contribution in [1.82, 2.24) is 0 Å². The van der Waals surface area contributed by atoms with Gasteiger partial charge in [0.25, 0.3) is 0 Å². The second-order valence-electron chi connectivity index (χ2n) is 19.9. The summed E-state index contributed by atoms with van der Waals surface area (Å²) in [5, 5.41) is 0. The van der Waals surface area contributed by atoms with Gasteiger partial charge in [0.05, 0.1) is 0 Å². The number of esters is 3. The number of carbonyl (C=O) groups excluding carboxylic acids is 3. The van der Waals surface area contributed by atoms with Crippen molar-refractivity contribution < 1.29 is 28.6 Å². The lowest BCUT2D eigenvalue weighted by molar-refractivity contribution is -0.167. The quantitative estimate of drug-likeness (QED) is 0.0262. The lowest BCUT2D eigenvalue weighted by Crippen LogP contribution is -2.30. The molecule has 0 bridgehead atoms. The number of unbranched alkanes of at least 4 members (excludes halogenated alkanes) is 41. The summed E-state index contributed by atoms with van der Waals surface area (Å²) in [4.78, 5) is 37.9. The van der Waals surface area contributed by atoms with Crippen LogP contribution in [0.3, 0.4) is 0 Å². The second kappa shape index (κ2) is 54.8. The van der Waals surface area contributed by atoms with Crippen LogP contribution in [0.5, 0.6) is 0 Å². The zero-order chi connectivity index (χ0) is 47.2. The van der Waals surface area contributed by atoms with Crippen LogP contribution < -0.4 is 0 Å². The van der Waals surface area contributed by atoms with Crippen LogP contribution in [0.25, 0.3) is 0 Å². The Labute approximate surface area is 405 Å². The predicted octanol–water partition coefficient (Wildman–Crippen LogP) is 19.3. The maximum absolute atomic E-state index is 12.7. The minimum absolute atomic E-state index is 0.0683. The van der Waals surface area contributed by atoms with Crippen LogP contribution in [0.1, 0.15) is 329 Å². The van der Waals surface area contributed by atoms with Gasteiger partial charge in [-0.25, -0.2) is 0 Å². The van der Waals surface area contributed by atoms with Crippen molar-refractivity contribution >= 4 is 17.9 Å². The molecule has 0 saturated carbocycles. The first-order chi connectivity index (χ1) is 32.0. The number of hydrogen-bond donors (Lipinski definition) is 0. The topological polar surface area (TPSA) is 78.9 Å². The van der Waals surface area contributed by atoms with Crippen LogP contribution in [0, 0.1) is 0 Å². The second-order valence-corrected chi connectivity index (χ2v) is 19.9. The first-order valence-electron chi connectivity index (χ1n) is 29.2. The average Bonchev–Trinajstić information content (AvgIpc) is 3.30. The Hall–Kier alpha value is -1.85. The maximum Gasteiger partial charge on any atom is 0.306 e. The molecule has 0 aromatic rings. The zero-order valence-electron chi connectivity index (χ0n) is 44.0. The van der Waals surface area contributed by atoms with Crippen LogP contribution >= 0.6 is 0 Å². The molecule has 0 fully saturated rings. The van der Waals surface area contributed by atoms with Crippen LogP contribution in [0.2, 0.25) is 0 Å². The minimum Gasteiger partial charge on any atom is -0.462 e. The molecule has 384 valence electrons. The molecular weight excluding hydrogens is 805 g/mol. The van der Waals surface area contributed by atoms with Gasteiger partial charge in [0.1, 0.15) is 13.2 Å². The molecular formula is C59H112O6. The fraction of sp³-hybridized carbons (Fsp3) is 0.915. The summed E-state index contributed by atoms with van der Waals surface area (Å²) in [5.74, 6) is -0.862. The Balaban J connectivity index is 4.02. The third-order valence-electron chi connectivity index (χ3n) is 13.3. The summed E-state index contributed by atoms with van der Waals surface area (Å²) in [5.41, 5.74) is 0. The van der Waals surface area contributed by atoms with Crippen molar-refractivity contribution in [2.24, 2.45) is 0 Å². The van der Waals surface area contributed by atoms with E-state index in [1.807, 2.05) is 0 Å². The van der Waals surface area contributed by atoms with E-state index in [0.29, 0.717) is 19.3 Å². The van der Waals surface area contributed by atoms with Gasteiger partial charge in [0.2, 0.25) is 0 Å². The van der Waals surface area contributed by atoms with E-state index in [1.54, 1.807) is 0 Å². The average molecular weight is 918 g/mol. The van der Waals surface area contributed by atoms with Crippen molar-refractivity contribution in [3.63, 3.8) is 0 Å². The van der Waals surface area contributed by atoms with Crippen molar-refractivity contribution in [2.75, 3.05) is 13.2 Å². The third kappa shape index (κ3) is 53.0. The Morgan fingerprint density at radius 2 is 0.538 bits per heavy atom. The highest BCUT2D eigenvalue weighted by Gasteiger charge is 2.19. The van der Waals surface area contributed by atoms with Gasteiger partial charge in [-0.3, -0.25) is 14.4 Å². The van der Waals surface area contributed by atoms with E-state index in [2.05, 4.69) is 32.9 Å². The lowest BCUT2D eigenvalue weighted by Gasteiger charge is -2.18. The molecule has 0 saturated heterocycles. The molecule has 0 aliphatic heterocycles. The van der Waals surface area contributed by atoms with E-state index in [9.17, 15) is 14.4 Å². The van der Waals surface area contributed by atoms with Crippen molar-refractivity contribution in [3.8, 4) is 0 Å². The molecule has 0 aliphatic rings. The Bertz CT molecular complexity index is 1010. The van der Waals surface area contributed by atoms with Crippen LogP contribution in [0.15, 0.2) is 12.2 Å². The number of allylic oxidation sites excluding steroid dienone is 2. The van der Waals surface area contributed by atoms with Crippen LogP contribution in [-0.4, -0.2) is 37.2 Å². The fourth-order valence-corrected chi connectivity index (χ4v) is 8.86. The molecule has 1 unspecified atom stereocenters. The first kappa shape index (κ1) is 63.1. The van der Waals surface area contributed by atoms with Gasteiger partial charge >= 0.3 is 17.9 Å². The van der Waals surface area contributed by atoms with Gasteiger partial charge in [-0.15, -0.1) is 0 Å². The molecule has 0 heterocycles. The predicted molar refractivity (Wildman–Crippen MR) is 280 cm³/mol. The minimum atomic E-state index is -0.767. The van der Waals surface area contributed by atoms with Gasteiger partial charge in [-0.05, 0) is 38.5 Å². The molecule has 0 aliphatic carbocycles. The smallest absolute Gasteiger partial charge is 0.306 e. The molecule has 0 rings (SSSR count). The SMILES string of the molecule is CCC/C=C\CCCCCCCC(=O)OC(COC(=O)CCCCCCCCCCCC)COC(=O)CCCCCCCCCCCCCCCCCCCCCCCCCCCCC. The summed E-state index contributed by atoms with van der Waals surface area (Å²) in [7, 11) is 0. The number of ether oxygens (including phenoxy) is 3. The summed E-state index contributed by atoms with van der Waals surface area (Å²) >= 11 is 0. The van der Waals surface area contributed by atoms with Crippen molar-refractivity contribution in [1.29, 1.82) is 0 Å². The molecule has 6 heteroatoms. The van der Waals surface area contributed by atoms with Gasteiger partial charge in [-0.1, -0.05) is 283 Å². The lowest BCUT2D eigenvalue weighted by atomic mass is 10.0. The van der Waals surface area contributed by atoms with Gasteiger partial charge in [0.15, 0.2) is 6.10 Å². The monoisotopic (exact) mass is 917 g/mol. The van der Waals surface area contributed by atoms with Crippen molar-refractivity contribution in [3.05, 3.63) is 12.2 Å².